The van der Waals surface area contributed by atoms with Crippen LogP contribution in [0.5, 0.6) is 0 Å². The molecule has 0 saturated carbocycles. The molecule has 0 bridgehead atoms. The van der Waals surface area contributed by atoms with Crippen molar-refractivity contribution in [1.29, 1.82) is 0 Å². The number of alkyl halides is 1. The average Bonchev–Trinajstić information content (AvgIpc) is 2.29. The molecule has 0 spiro atoms. The second kappa shape index (κ2) is 4.23. The van der Waals surface area contributed by atoms with Crippen LogP contribution in [0.25, 0.3) is 5.57 Å². The highest BCUT2D eigenvalue weighted by molar-refractivity contribution is 5.76. The molecule has 6 heteroatoms. The molecule has 5 nitrogen and oxygen atoms in total. The van der Waals surface area contributed by atoms with Crippen LogP contribution in [0.4, 0.5) is 10.1 Å². The molecule has 1 aromatic rings. The van der Waals surface area contributed by atoms with E-state index in [0.717, 1.165) is 11.6 Å². The van der Waals surface area contributed by atoms with Gasteiger partial charge in [0.25, 0.3) is 6.04 Å². The molecule has 0 aromatic heterocycles. The van der Waals surface area contributed by atoms with Crippen LogP contribution >= 0.6 is 0 Å². The third-order valence-corrected chi connectivity index (χ3v) is 2.78. The molecule has 0 heterocycles. The SMILES string of the molecule is Nc1ccc(C2=CC([N+](=O)[O-])C(N)(F)C=C2)cc1. The zero-order chi connectivity index (χ0) is 13.3. The summed E-state index contributed by atoms with van der Waals surface area (Å²) < 4.78 is 13.7. The molecule has 4 N–H and O–H groups in total. The van der Waals surface area contributed by atoms with E-state index in [0.29, 0.717) is 11.3 Å². The van der Waals surface area contributed by atoms with Crippen molar-refractivity contribution < 1.29 is 9.31 Å². The van der Waals surface area contributed by atoms with Crippen LogP contribution in [0, 0.1) is 10.1 Å². The van der Waals surface area contributed by atoms with Crippen molar-refractivity contribution in [1.82, 2.24) is 0 Å². The lowest BCUT2D eigenvalue weighted by Gasteiger charge is -2.22. The fourth-order valence-corrected chi connectivity index (χ4v) is 1.76. The first-order valence-corrected chi connectivity index (χ1v) is 5.28. The van der Waals surface area contributed by atoms with Crippen molar-refractivity contribution in [3.63, 3.8) is 0 Å². The van der Waals surface area contributed by atoms with E-state index in [9.17, 15) is 14.5 Å². The molecule has 0 amide bonds. The van der Waals surface area contributed by atoms with Crippen LogP contribution < -0.4 is 11.5 Å². The first-order valence-electron chi connectivity index (χ1n) is 5.28. The van der Waals surface area contributed by atoms with E-state index in [2.05, 4.69) is 0 Å². The van der Waals surface area contributed by atoms with Gasteiger partial charge in [0.2, 0.25) is 5.79 Å². The second-order valence-electron chi connectivity index (χ2n) is 4.13. The highest BCUT2D eigenvalue weighted by Gasteiger charge is 2.42. The van der Waals surface area contributed by atoms with Crippen LogP contribution in [-0.2, 0) is 0 Å². The van der Waals surface area contributed by atoms with Gasteiger partial charge in [-0.25, -0.2) is 4.39 Å². The first kappa shape index (κ1) is 12.3. The van der Waals surface area contributed by atoms with Crippen molar-refractivity contribution in [3.8, 4) is 0 Å². The molecule has 1 aliphatic rings. The Morgan fingerprint density at radius 2 is 1.94 bits per heavy atom. The summed E-state index contributed by atoms with van der Waals surface area (Å²) in [5, 5.41) is 10.8. The lowest BCUT2D eigenvalue weighted by atomic mass is 9.93. The molecule has 2 atom stereocenters. The van der Waals surface area contributed by atoms with Gasteiger partial charge in [-0.05, 0) is 29.3 Å². The number of nitro groups is 1. The Bertz CT molecular complexity index is 535. The number of allylic oxidation sites excluding steroid dienone is 2. The standard InChI is InChI=1S/C12H12FN3O2/c13-12(15)6-5-9(7-11(12)16(17)18)8-1-3-10(14)4-2-8/h1-7,11H,14-15H2. The number of benzene rings is 1. The minimum absolute atomic E-state index is 0.551. The topological polar surface area (TPSA) is 95.2 Å². The summed E-state index contributed by atoms with van der Waals surface area (Å²) >= 11 is 0. The van der Waals surface area contributed by atoms with Crippen LogP contribution in [-0.4, -0.2) is 16.8 Å². The Labute approximate surface area is 103 Å². The van der Waals surface area contributed by atoms with Gasteiger partial charge < -0.3 is 5.73 Å². The Morgan fingerprint density at radius 1 is 1.33 bits per heavy atom. The van der Waals surface area contributed by atoms with Gasteiger partial charge in [0.15, 0.2) is 0 Å². The van der Waals surface area contributed by atoms with Crippen LogP contribution in [0.2, 0.25) is 0 Å². The smallest absolute Gasteiger partial charge is 0.282 e. The minimum atomic E-state index is -2.46. The summed E-state index contributed by atoms with van der Waals surface area (Å²) in [6.45, 7) is 0. The Hall–Kier alpha value is -2.21. The van der Waals surface area contributed by atoms with Gasteiger partial charge in [-0.2, -0.15) is 0 Å². The maximum atomic E-state index is 13.7. The molecule has 2 unspecified atom stereocenters. The first-order chi connectivity index (χ1) is 8.40. The molecule has 1 aromatic carbocycles. The number of hydrogen-bond acceptors (Lipinski definition) is 4. The van der Waals surface area contributed by atoms with Gasteiger partial charge in [0.05, 0.1) is 0 Å². The fraction of sp³-hybridized carbons (Fsp3) is 0.167. The largest absolute Gasteiger partial charge is 0.399 e. The summed E-state index contributed by atoms with van der Waals surface area (Å²) in [6, 6.07) is 5.18. The molecule has 1 aliphatic carbocycles. The number of nitrogens with two attached hydrogens (primary N) is 2. The number of hydrogen-bond donors (Lipinski definition) is 2. The van der Waals surface area contributed by atoms with E-state index < -0.39 is 16.8 Å². The van der Waals surface area contributed by atoms with Crippen molar-refractivity contribution in [3.05, 3.63) is 58.2 Å². The summed E-state index contributed by atoms with van der Waals surface area (Å²) in [7, 11) is 0. The molecule has 0 saturated heterocycles. The molecular weight excluding hydrogens is 237 g/mol. The van der Waals surface area contributed by atoms with Gasteiger partial charge >= 0.3 is 0 Å². The number of nitrogens with zero attached hydrogens (tertiary/aromatic N) is 1. The van der Waals surface area contributed by atoms with Crippen molar-refractivity contribution >= 4 is 11.3 Å². The van der Waals surface area contributed by atoms with E-state index in [1.807, 2.05) is 0 Å². The summed E-state index contributed by atoms with van der Waals surface area (Å²) in [4.78, 5) is 10.1. The Morgan fingerprint density at radius 3 is 2.50 bits per heavy atom. The molecule has 2 rings (SSSR count). The average molecular weight is 249 g/mol. The maximum absolute atomic E-state index is 13.7. The Balaban J connectivity index is 2.38. The van der Waals surface area contributed by atoms with Gasteiger partial charge in [0, 0.05) is 16.7 Å². The molecule has 0 aliphatic heterocycles. The zero-order valence-corrected chi connectivity index (χ0v) is 9.42. The third-order valence-electron chi connectivity index (χ3n) is 2.78. The van der Waals surface area contributed by atoms with E-state index in [-0.39, 0.29) is 0 Å². The molecule has 0 fully saturated rings. The van der Waals surface area contributed by atoms with Crippen molar-refractivity contribution in [2.24, 2.45) is 5.73 Å². The quantitative estimate of drug-likeness (QED) is 0.359. The third kappa shape index (κ3) is 2.23. The van der Waals surface area contributed by atoms with E-state index >= 15 is 0 Å². The minimum Gasteiger partial charge on any atom is -0.399 e. The predicted octanol–water partition coefficient (Wildman–Crippen LogP) is 1.49. The van der Waals surface area contributed by atoms with E-state index in [1.54, 1.807) is 24.3 Å². The molecule has 94 valence electrons. The molecular formula is C12H12FN3O2. The van der Waals surface area contributed by atoms with Crippen molar-refractivity contribution in [2.45, 2.75) is 11.8 Å². The Kier molecular flexibility index (Phi) is 2.88. The highest BCUT2D eigenvalue weighted by Crippen LogP contribution is 2.28. The number of nitrogen functional groups attached to an aromatic ring is 1. The van der Waals surface area contributed by atoms with Crippen molar-refractivity contribution in [2.75, 3.05) is 5.73 Å². The number of halogens is 1. The molecule has 0 radical (unpaired) electrons. The molecule has 18 heavy (non-hydrogen) atoms. The van der Waals surface area contributed by atoms with E-state index in [4.69, 9.17) is 11.5 Å². The van der Waals surface area contributed by atoms with Gasteiger partial charge in [-0.1, -0.05) is 18.2 Å². The number of rotatable bonds is 2. The van der Waals surface area contributed by atoms with E-state index in [1.165, 1.54) is 12.2 Å². The lowest BCUT2D eigenvalue weighted by Crippen LogP contribution is -2.49. The summed E-state index contributed by atoms with van der Waals surface area (Å²) in [5.74, 6) is -2.46. The normalized spacial score (nSPS) is 26.8. The van der Waals surface area contributed by atoms with Gasteiger partial charge in [0.1, 0.15) is 0 Å². The van der Waals surface area contributed by atoms with Gasteiger partial charge in [-0.15, -0.1) is 0 Å². The summed E-state index contributed by atoms with van der Waals surface area (Å²) in [5.41, 5.74) is 12.6. The second-order valence-corrected chi connectivity index (χ2v) is 4.13. The highest BCUT2D eigenvalue weighted by atomic mass is 19.1. The summed E-state index contributed by atoms with van der Waals surface area (Å²) in [6.07, 6.45) is 3.66. The maximum Gasteiger partial charge on any atom is 0.282 e. The lowest BCUT2D eigenvalue weighted by molar-refractivity contribution is -0.524. The van der Waals surface area contributed by atoms with Gasteiger partial charge in [-0.3, -0.25) is 15.8 Å². The fourth-order valence-electron chi connectivity index (χ4n) is 1.76. The zero-order valence-electron chi connectivity index (χ0n) is 9.42. The van der Waals surface area contributed by atoms with Crippen LogP contribution in [0.15, 0.2) is 42.5 Å². The number of anilines is 1. The van der Waals surface area contributed by atoms with Crippen LogP contribution in [0.1, 0.15) is 5.56 Å². The predicted molar refractivity (Wildman–Crippen MR) is 66.8 cm³/mol. The van der Waals surface area contributed by atoms with Crippen LogP contribution in [0.3, 0.4) is 0 Å². The monoisotopic (exact) mass is 249 g/mol.